The third-order valence-electron chi connectivity index (χ3n) is 3.12. The van der Waals surface area contributed by atoms with E-state index in [1.54, 1.807) is 42.5 Å². The van der Waals surface area contributed by atoms with Gasteiger partial charge in [0.2, 0.25) is 0 Å². The van der Waals surface area contributed by atoms with Crippen molar-refractivity contribution in [2.24, 2.45) is 0 Å². The van der Waals surface area contributed by atoms with Crippen LogP contribution in [0, 0.1) is 0 Å². The van der Waals surface area contributed by atoms with Gasteiger partial charge in [-0.05, 0) is 63.2 Å². The highest BCUT2D eigenvalue weighted by Crippen LogP contribution is 2.25. The van der Waals surface area contributed by atoms with Crippen LogP contribution in [0.1, 0.15) is 31.1 Å². The Hall–Kier alpha value is -2.53. The minimum Gasteiger partial charge on any atom is -0.456 e. The van der Waals surface area contributed by atoms with Crippen molar-refractivity contribution >= 4 is 40.4 Å². The van der Waals surface area contributed by atoms with Crippen LogP contribution in [0.5, 0.6) is 0 Å². The van der Waals surface area contributed by atoms with Gasteiger partial charge in [0, 0.05) is 10.7 Å². The molecule has 0 saturated heterocycles. The Kier molecular flexibility index (Phi) is 4.20. The molecule has 0 saturated carbocycles. The van der Waals surface area contributed by atoms with Gasteiger partial charge in [-0.2, -0.15) is 4.98 Å². The van der Waals surface area contributed by atoms with Crippen LogP contribution in [0.4, 0.5) is 11.7 Å². The predicted octanol–water partition coefficient (Wildman–Crippen LogP) is 5.18. The van der Waals surface area contributed by atoms with E-state index in [1.165, 1.54) is 0 Å². The number of halogens is 1. The lowest BCUT2D eigenvalue weighted by atomic mass is 10.1. The molecule has 1 aromatic heterocycles. The Labute approximate surface area is 144 Å². The van der Waals surface area contributed by atoms with Gasteiger partial charge in [-0.1, -0.05) is 11.6 Å². The largest absolute Gasteiger partial charge is 0.456 e. The molecule has 0 unspecified atom stereocenters. The molecule has 3 aromatic rings. The quantitative estimate of drug-likeness (QED) is 0.663. The summed E-state index contributed by atoms with van der Waals surface area (Å²) in [5.41, 5.74) is 2.04. The van der Waals surface area contributed by atoms with Crippen molar-refractivity contribution in [2.45, 2.75) is 26.4 Å². The van der Waals surface area contributed by atoms with Crippen molar-refractivity contribution in [2.75, 3.05) is 5.32 Å². The van der Waals surface area contributed by atoms with Gasteiger partial charge in [0.15, 0.2) is 5.58 Å². The number of fused-ring (bicyclic) bond motifs is 1. The summed E-state index contributed by atoms with van der Waals surface area (Å²) in [6, 6.07) is 12.5. The molecule has 0 fully saturated rings. The SMILES string of the molecule is CC(C)(C)OC(=O)c1ccc(Nc2nc3cc(Cl)ccc3o2)cc1. The highest BCUT2D eigenvalue weighted by atomic mass is 35.5. The van der Waals surface area contributed by atoms with Gasteiger partial charge in [-0.25, -0.2) is 4.79 Å². The normalized spacial score (nSPS) is 11.5. The molecule has 6 heteroatoms. The van der Waals surface area contributed by atoms with E-state index in [1.807, 2.05) is 20.8 Å². The Balaban J connectivity index is 1.74. The maximum absolute atomic E-state index is 12.0. The molecule has 0 spiro atoms. The molecule has 2 aromatic carbocycles. The molecule has 0 radical (unpaired) electrons. The Morgan fingerprint density at radius 2 is 1.88 bits per heavy atom. The van der Waals surface area contributed by atoms with Crippen molar-refractivity contribution in [1.82, 2.24) is 4.98 Å². The summed E-state index contributed by atoms with van der Waals surface area (Å²) < 4.78 is 10.9. The predicted molar refractivity (Wildman–Crippen MR) is 93.9 cm³/mol. The van der Waals surface area contributed by atoms with Crippen molar-refractivity contribution in [3.63, 3.8) is 0 Å². The zero-order valence-corrected chi connectivity index (χ0v) is 14.3. The third kappa shape index (κ3) is 3.86. The number of aromatic nitrogens is 1. The molecule has 0 aliphatic carbocycles. The van der Waals surface area contributed by atoms with Gasteiger partial charge in [0.1, 0.15) is 11.1 Å². The maximum Gasteiger partial charge on any atom is 0.338 e. The number of carbonyl (C=O) groups excluding carboxylic acids is 1. The van der Waals surface area contributed by atoms with Gasteiger partial charge >= 0.3 is 5.97 Å². The number of hydrogen-bond acceptors (Lipinski definition) is 5. The van der Waals surface area contributed by atoms with E-state index < -0.39 is 5.60 Å². The van der Waals surface area contributed by atoms with E-state index in [9.17, 15) is 4.79 Å². The van der Waals surface area contributed by atoms with E-state index in [-0.39, 0.29) is 5.97 Å². The number of ether oxygens (including phenoxy) is 1. The van der Waals surface area contributed by atoms with Crippen LogP contribution < -0.4 is 5.32 Å². The average Bonchev–Trinajstić information content (AvgIpc) is 2.87. The van der Waals surface area contributed by atoms with Gasteiger partial charge in [0.05, 0.1) is 5.56 Å². The molecule has 3 rings (SSSR count). The molecule has 0 amide bonds. The number of rotatable bonds is 3. The van der Waals surface area contributed by atoms with E-state index in [2.05, 4.69) is 10.3 Å². The zero-order chi connectivity index (χ0) is 17.3. The van der Waals surface area contributed by atoms with Gasteiger partial charge < -0.3 is 14.5 Å². The molecule has 24 heavy (non-hydrogen) atoms. The second kappa shape index (κ2) is 6.17. The number of carbonyl (C=O) groups is 1. The molecular weight excluding hydrogens is 328 g/mol. The standard InChI is InChI=1S/C18H17ClN2O3/c1-18(2,3)24-16(22)11-4-7-13(8-5-11)20-17-21-14-10-12(19)6-9-15(14)23-17/h4-10H,1-3H3,(H,20,21). The van der Waals surface area contributed by atoms with Crippen LogP contribution in [-0.2, 0) is 4.74 Å². The number of hydrogen-bond donors (Lipinski definition) is 1. The molecule has 1 heterocycles. The lowest BCUT2D eigenvalue weighted by Gasteiger charge is -2.19. The van der Waals surface area contributed by atoms with Crippen LogP contribution >= 0.6 is 11.6 Å². The zero-order valence-electron chi connectivity index (χ0n) is 13.6. The van der Waals surface area contributed by atoms with Crippen LogP contribution in [0.15, 0.2) is 46.9 Å². The van der Waals surface area contributed by atoms with Crippen LogP contribution in [0.3, 0.4) is 0 Å². The van der Waals surface area contributed by atoms with Crippen molar-refractivity contribution in [1.29, 1.82) is 0 Å². The summed E-state index contributed by atoms with van der Waals surface area (Å²) in [4.78, 5) is 16.3. The summed E-state index contributed by atoms with van der Waals surface area (Å²) >= 11 is 5.94. The Morgan fingerprint density at radius 1 is 1.17 bits per heavy atom. The van der Waals surface area contributed by atoms with Gasteiger partial charge in [-0.3, -0.25) is 0 Å². The van der Waals surface area contributed by atoms with Crippen molar-refractivity contribution in [3.05, 3.63) is 53.1 Å². The number of nitrogens with zero attached hydrogens (tertiary/aromatic N) is 1. The van der Waals surface area contributed by atoms with Gasteiger partial charge in [-0.15, -0.1) is 0 Å². The first kappa shape index (κ1) is 16.3. The number of benzene rings is 2. The molecule has 0 aliphatic rings. The number of esters is 1. The fraction of sp³-hybridized carbons (Fsp3) is 0.222. The minimum absolute atomic E-state index is 0.356. The monoisotopic (exact) mass is 344 g/mol. The van der Waals surface area contributed by atoms with Crippen molar-refractivity contribution < 1.29 is 13.9 Å². The Morgan fingerprint density at radius 3 is 2.54 bits per heavy atom. The molecule has 0 bridgehead atoms. The summed E-state index contributed by atoms with van der Waals surface area (Å²) in [7, 11) is 0. The summed E-state index contributed by atoms with van der Waals surface area (Å²) in [5, 5.41) is 3.66. The number of anilines is 2. The fourth-order valence-corrected chi connectivity index (χ4v) is 2.27. The van der Waals surface area contributed by atoms with E-state index in [0.29, 0.717) is 27.7 Å². The lowest BCUT2D eigenvalue weighted by Crippen LogP contribution is -2.23. The average molecular weight is 345 g/mol. The minimum atomic E-state index is -0.520. The van der Waals surface area contributed by atoms with E-state index in [0.717, 1.165) is 5.69 Å². The highest BCUT2D eigenvalue weighted by molar-refractivity contribution is 6.31. The number of nitrogens with one attached hydrogen (secondary N) is 1. The maximum atomic E-state index is 12.0. The third-order valence-corrected chi connectivity index (χ3v) is 3.36. The first-order valence-corrected chi connectivity index (χ1v) is 7.84. The van der Waals surface area contributed by atoms with Crippen LogP contribution in [-0.4, -0.2) is 16.6 Å². The second-order valence-electron chi connectivity index (χ2n) is 6.34. The summed E-state index contributed by atoms with van der Waals surface area (Å²) in [6.45, 7) is 5.50. The van der Waals surface area contributed by atoms with Gasteiger partial charge in [0.25, 0.3) is 6.01 Å². The summed E-state index contributed by atoms with van der Waals surface area (Å²) in [5.74, 6) is -0.356. The van der Waals surface area contributed by atoms with E-state index >= 15 is 0 Å². The molecule has 124 valence electrons. The topological polar surface area (TPSA) is 64.4 Å². The smallest absolute Gasteiger partial charge is 0.338 e. The fourth-order valence-electron chi connectivity index (χ4n) is 2.10. The first-order chi connectivity index (χ1) is 11.3. The molecule has 5 nitrogen and oxygen atoms in total. The molecular formula is C18H17ClN2O3. The summed E-state index contributed by atoms with van der Waals surface area (Å²) in [6.07, 6.45) is 0. The van der Waals surface area contributed by atoms with E-state index in [4.69, 9.17) is 20.8 Å². The number of oxazole rings is 1. The highest BCUT2D eigenvalue weighted by Gasteiger charge is 2.17. The molecule has 1 N–H and O–H groups in total. The Bertz CT molecular complexity index is 879. The first-order valence-electron chi connectivity index (χ1n) is 7.47. The molecule has 0 atom stereocenters. The van der Waals surface area contributed by atoms with Crippen LogP contribution in [0.25, 0.3) is 11.1 Å². The second-order valence-corrected chi connectivity index (χ2v) is 6.77. The van der Waals surface area contributed by atoms with Crippen molar-refractivity contribution in [3.8, 4) is 0 Å². The molecule has 0 aliphatic heterocycles. The lowest BCUT2D eigenvalue weighted by molar-refractivity contribution is 0.00696. The van der Waals surface area contributed by atoms with Crippen LogP contribution in [0.2, 0.25) is 5.02 Å².